The normalized spacial score (nSPS) is 15.2. The number of thiophene rings is 1. The Hall–Kier alpha value is -2.23. The first kappa shape index (κ1) is 23.4. The Morgan fingerprint density at radius 1 is 1.03 bits per heavy atom. The third-order valence-corrected chi connectivity index (χ3v) is 8.90. The molecule has 0 spiro atoms. The second kappa shape index (κ2) is 9.50. The van der Waals surface area contributed by atoms with Crippen LogP contribution in [0, 0.1) is 27.7 Å². The van der Waals surface area contributed by atoms with Crippen molar-refractivity contribution >= 4 is 33.2 Å². The van der Waals surface area contributed by atoms with Gasteiger partial charge in [-0.3, -0.25) is 9.59 Å². The van der Waals surface area contributed by atoms with Crippen LogP contribution >= 0.6 is 11.3 Å². The van der Waals surface area contributed by atoms with Gasteiger partial charge in [-0.25, -0.2) is 8.42 Å². The van der Waals surface area contributed by atoms with E-state index >= 15 is 0 Å². The number of aryl methyl sites for hydroxylation is 2. The van der Waals surface area contributed by atoms with E-state index in [-0.39, 0.29) is 37.9 Å². The summed E-state index contributed by atoms with van der Waals surface area (Å²) in [6.07, 6.45) is 0.194. The molecule has 9 heteroatoms. The lowest BCUT2D eigenvalue weighted by Crippen LogP contribution is -2.51. The Bertz CT molecular complexity index is 1040. The van der Waals surface area contributed by atoms with E-state index in [1.807, 2.05) is 39.1 Å². The average molecular weight is 464 g/mol. The number of nitrogens with zero attached hydrogens (tertiary/aromatic N) is 2. The molecule has 0 radical (unpaired) electrons. The van der Waals surface area contributed by atoms with Gasteiger partial charge < -0.3 is 10.2 Å². The molecule has 0 atom stereocenters. The minimum absolute atomic E-state index is 0.0812. The van der Waals surface area contributed by atoms with E-state index < -0.39 is 10.0 Å². The molecule has 0 unspecified atom stereocenters. The third kappa shape index (κ3) is 4.99. The van der Waals surface area contributed by atoms with Crippen molar-refractivity contribution in [2.45, 2.75) is 39.0 Å². The number of piperazine rings is 1. The van der Waals surface area contributed by atoms with Gasteiger partial charge in [-0.15, -0.1) is 11.3 Å². The molecule has 1 aliphatic heterocycles. The highest BCUT2D eigenvalue weighted by molar-refractivity contribution is 7.89. The number of hydrogen-bond donors (Lipinski definition) is 1. The first-order valence-electron chi connectivity index (χ1n) is 10.3. The minimum atomic E-state index is -3.63. The summed E-state index contributed by atoms with van der Waals surface area (Å²) >= 11 is 1.35. The molecule has 1 aliphatic rings. The molecule has 1 fully saturated rings. The van der Waals surface area contributed by atoms with Gasteiger partial charge >= 0.3 is 0 Å². The predicted molar refractivity (Wildman–Crippen MR) is 122 cm³/mol. The van der Waals surface area contributed by atoms with E-state index in [0.717, 1.165) is 22.3 Å². The molecule has 7 nitrogen and oxygen atoms in total. The van der Waals surface area contributed by atoms with Crippen LogP contribution in [0.25, 0.3) is 0 Å². The number of nitrogens with one attached hydrogen (secondary N) is 1. The largest absolute Gasteiger partial charge is 0.351 e. The zero-order valence-electron chi connectivity index (χ0n) is 18.4. The number of sulfonamides is 1. The topological polar surface area (TPSA) is 86.8 Å². The fourth-order valence-corrected chi connectivity index (χ4v) is 6.45. The maximum atomic E-state index is 13.3. The first-order chi connectivity index (χ1) is 14.6. The Kier molecular flexibility index (Phi) is 7.18. The van der Waals surface area contributed by atoms with E-state index in [9.17, 15) is 18.0 Å². The molecule has 31 heavy (non-hydrogen) atoms. The van der Waals surface area contributed by atoms with Crippen molar-refractivity contribution in [3.8, 4) is 0 Å². The SMILES string of the molecule is Cc1cc(C)c(C)c(S(=O)(=O)N2CCN(C(=O)CCNC(=O)c3cccs3)CC2)c1C. The monoisotopic (exact) mass is 463 g/mol. The van der Waals surface area contributed by atoms with E-state index in [1.165, 1.54) is 15.6 Å². The van der Waals surface area contributed by atoms with Crippen LogP contribution in [0.5, 0.6) is 0 Å². The van der Waals surface area contributed by atoms with Crippen molar-refractivity contribution in [1.82, 2.24) is 14.5 Å². The molecule has 2 aromatic rings. The number of amides is 2. The Morgan fingerprint density at radius 2 is 1.65 bits per heavy atom. The summed E-state index contributed by atoms with van der Waals surface area (Å²) in [5.41, 5.74) is 3.48. The first-order valence-corrected chi connectivity index (χ1v) is 12.6. The molecule has 0 saturated carbocycles. The van der Waals surface area contributed by atoms with Gasteiger partial charge in [0.25, 0.3) is 5.91 Å². The van der Waals surface area contributed by atoms with Crippen LogP contribution in [-0.4, -0.2) is 62.2 Å². The molecular weight excluding hydrogens is 434 g/mol. The minimum Gasteiger partial charge on any atom is -0.351 e. The zero-order chi connectivity index (χ0) is 22.8. The fourth-order valence-electron chi connectivity index (χ4n) is 3.81. The standard InChI is InChI=1S/C22H29N3O4S2/c1-15-14-16(2)18(4)21(17(15)3)31(28,29)25-11-9-24(10-12-25)20(26)7-8-23-22(27)19-6-5-13-30-19/h5-6,13-14H,7-12H2,1-4H3,(H,23,27). The molecule has 2 heterocycles. The van der Waals surface area contributed by atoms with E-state index in [2.05, 4.69) is 5.32 Å². The summed E-state index contributed by atoms with van der Waals surface area (Å²) in [4.78, 5) is 27.1. The van der Waals surface area contributed by atoms with Gasteiger partial charge in [-0.2, -0.15) is 4.31 Å². The van der Waals surface area contributed by atoms with E-state index in [4.69, 9.17) is 0 Å². The van der Waals surface area contributed by atoms with Crippen LogP contribution in [0.3, 0.4) is 0 Å². The summed E-state index contributed by atoms with van der Waals surface area (Å²) in [6.45, 7) is 9.03. The Labute approximate surface area is 188 Å². The van der Waals surface area contributed by atoms with Gasteiger partial charge in [0.1, 0.15) is 0 Å². The van der Waals surface area contributed by atoms with Crippen molar-refractivity contribution < 1.29 is 18.0 Å². The maximum absolute atomic E-state index is 13.3. The quantitative estimate of drug-likeness (QED) is 0.714. The number of hydrogen-bond acceptors (Lipinski definition) is 5. The van der Waals surface area contributed by atoms with Crippen LogP contribution < -0.4 is 5.32 Å². The van der Waals surface area contributed by atoms with Gasteiger partial charge in [-0.1, -0.05) is 12.1 Å². The Balaban J connectivity index is 1.58. The van der Waals surface area contributed by atoms with Gasteiger partial charge in [0, 0.05) is 39.1 Å². The molecular formula is C22H29N3O4S2. The van der Waals surface area contributed by atoms with Crippen molar-refractivity contribution in [3.63, 3.8) is 0 Å². The van der Waals surface area contributed by atoms with Gasteiger partial charge in [0.15, 0.2) is 0 Å². The lowest BCUT2D eigenvalue weighted by atomic mass is 10.0. The van der Waals surface area contributed by atoms with Gasteiger partial charge in [-0.05, 0) is 61.4 Å². The number of carbonyl (C=O) groups is 2. The van der Waals surface area contributed by atoms with Crippen LogP contribution in [0.4, 0.5) is 0 Å². The molecule has 1 N–H and O–H groups in total. The van der Waals surface area contributed by atoms with Gasteiger partial charge in [0.05, 0.1) is 9.77 Å². The summed E-state index contributed by atoms with van der Waals surface area (Å²) < 4.78 is 28.2. The second-order valence-corrected chi connectivity index (χ2v) is 10.7. The number of rotatable bonds is 6. The predicted octanol–water partition coefficient (Wildman–Crippen LogP) is 2.63. The zero-order valence-corrected chi connectivity index (χ0v) is 20.0. The molecule has 3 rings (SSSR count). The molecule has 1 saturated heterocycles. The average Bonchev–Trinajstić information content (AvgIpc) is 3.27. The maximum Gasteiger partial charge on any atom is 0.261 e. The molecule has 2 amide bonds. The number of benzene rings is 1. The number of carbonyl (C=O) groups excluding carboxylic acids is 2. The third-order valence-electron chi connectivity index (χ3n) is 5.86. The van der Waals surface area contributed by atoms with Crippen molar-refractivity contribution in [1.29, 1.82) is 0 Å². The molecule has 1 aromatic heterocycles. The van der Waals surface area contributed by atoms with Crippen LogP contribution in [0.1, 0.15) is 38.3 Å². The van der Waals surface area contributed by atoms with E-state index in [1.54, 1.807) is 17.0 Å². The summed E-state index contributed by atoms with van der Waals surface area (Å²) in [7, 11) is -3.63. The molecule has 168 valence electrons. The lowest BCUT2D eigenvalue weighted by Gasteiger charge is -2.35. The summed E-state index contributed by atoms with van der Waals surface area (Å²) in [5, 5.41) is 4.58. The lowest BCUT2D eigenvalue weighted by molar-refractivity contribution is -0.132. The summed E-state index contributed by atoms with van der Waals surface area (Å²) in [5.74, 6) is -0.264. The molecule has 0 aliphatic carbocycles. The highest BCUT2D eigenvalue weighted by Gasteiger charge is 2.32. The van der Waals surface area contributed by atoms with Gasteiger partial charge in [0.2, 0.25) is 15.9 Å². The smallest absolute Gasteiger partial charge is 0.261 e. The molecule has 0 bridgehead atoms. The van der Waals surface area contributed by atoms with Crippen molar-refractivity contribution in [3.05, 3.63) is 50.7 Å². The fraction of sp³-hybridized carbons (Fsp3) is 0.455. The van der Waals surface area contributed by atoms with Crippen molar-refractivity contribution in [2.24, 2.45) is 0 Å². The molecule has 1 aromatic carbocycles. The Morgan fingerprint density at radius 3 is 2.19 bits per heavy atom. The van der Waals surface area contributed by atoms with Crippen LogP contribution in [0.2, 0.25) is 0 Å². The highest BCUT2D eigenvalue weighted by atomic mass is 32.2. The highest BCUT2D eigenvalue weighted by Crippen LogP contribution is 2.29. The van der Waals surface area contributed by atoms with Crippen molar-refractivity contribution in [2.75, 3.05) is 32.7 Å². The van der Waals surface area contributed by atoms with E-state index in [0.29, 0.717) is 22.9 Å². The van der Waals surface area contributed by atoms with Crippen LogP contribution in [0.15, 0.2) is 28.5 Å². The van der Waals surface area contributed by atoms with Crippen LogP contribution in [-0.2, 0) is 14.8 Å². The summed E-state index contributed by atoms with van der Waals surface area (Å²) in [6, 6.07) is 5.55. The second-order valence-electron chi connectivity index (χ2n) is 7.86.